The Morgan fingerprint density at radius 2 is 2.29 bits per heavy atom. The summed E-state index contributed by atoms with van der Waals surface area (Å²) in [7, 11) is 0. The molecule has 7 heavy (non-hydrogen) atoms. The molecule has 1 N–H and O–H groups in total. The number of rotatable bonds is 0. The second-order valence-electron chi connectivity index (χ2n) is 1.52. The zero-order chi connectivity index (χ0) is 4.41. The van der Waals surface area contributed by atoms with Gasteiger partial charge in [-0.25, -0.2) is 0 Å². The van der Waals surface area contributed by atoms with Crippen LogP contribution in [0.2, 0.25) is 0 Å². The molecule has 0 aromatic heterocycles. The fraction of sp³-hybridized carbons (Fsp3) is 1.00. The van der Waals surface area contributed by atoms with Crippen LogP contribution >= 0.6 is 0 Å². The Balaban J connectivity index is 0.000000360. The van der Waals surface area contributed by atoms with Gasteiger partial charge in [-0.15, -0.1) is 0 Å². The van der Waals surface area contributed by atoms with Gasteiger partial charge in [-0.05, 0) is 6.42 Å². The SMILES string of the molecule is OC1CCOC1.[NaH]. The molecule has 0 spiro atoms. The van der Waals surface area contributed by atoms with E-state index in [1.54, 1.807) is 0 Å². The Hall–Kier alpha value is 0.920. The van der Waals surface area contributed by atoms with Crippen LogP contribution in [-0.4, -0.2) is 54.0 Å². The molecule has 1 saturated heterocycles. The Kier molecular flexibility index (Phi) is 4.37. The summed E-state index contributed by atoms with van der Waals surface area (Å²) in [5.74, 6) is 0. The van der Waals surface area contributed by atoms with Crippen LogP contribution in [0, 0.1) is 0 Å². The Labute approximate surface area is 65.1 Å². The van der Waals surface area contributed by atoms with E-state index < -0.39 is 0 Å². The Morgan fingerprint density at radius 3 is 2.43 bits per heavy atom. The second kappa shape index (κ2) is 3.87. The van der Waals surface area contributed by atoms with Gasteiger partial charge in [0.2, 0.25) is 0 Å². The molecule has 3 heteroatoms. The number of hydrogen-bond donors (Lipinski definition) is 1. The van der Waals surface area contributed by atoms with Crippen LogP contribution in [0.1, 0.15) is 6.42 Å². The fourth-order valence-electron chi connectivity index (χ4n) is 0.522. The van der Waals surface area contributed by atoms with Crippen molar-refractivity contribution in [3.05, 3.63) is 0 Å². The molecule has 1 unspecified atom stereocenters. The van der Waals surface area contributed by atoms with E-state index in [2.05, 4.69) is 0 Å². The molecular weight excluding hydrogens is 103 g/mol. The Morgan fingerprint density at radius 1 is 1.57 bits per heavy atom. The van der Waals surface area contributed by atoms with Crippen molar-refractivity contribution in [2.24, 2.45) is 0 Å². The molecule has 1 aliphatic rings. The van der Waals surface area contributed by atoms with Crippen LogP contribution in [0.4, 0.5) is 0 Å². The van der Waals surface area contributed by atoms with Crippen molar-refractivity contribution in [1.29, 1.82) is 0 Å². The van der Waals surface area contributed by atoms with Gasteiger partial charge in [0, 0.05) is 6.61 Å². The second-order valence-corrected chi connectivity index (χ2v) is 1.52. The minimum atomic E-state index is -0.176. The van der Waals surface area contributed by atoms with Crippen molar-refractivity contribution in [2.75, 3.05) is 13.2 Å². The molecule has 1 heterocycles. The molecular formula is C4H9NaO2. The molecule has 2 nitrogen and oxygen atoms in total. The van der Waals surface area contributed by atoms with Crippen LogP contribution < -0.4 is 0 Å². The maximum absolute atomic E-state index is 8.60. The van der Waals surface area contributed by atoms with Gasteiger partial charge in [0.25, 0.3) is 0 Å². The summed E-state index contributed by atoms with van der Waals surface area (Å²) in [6.07, 6.45) is 0.644. The summed E-state index contributed by atoms with van der Waals surface area (Å²) in [6.45, 7) is 1.28. The molecule has 1 atom stereocenters. The molecule has 0 saturated carbocycles. The van der Waals surface area contributed by atoms with E-state index in [1.807, 2.05) is 0 Å². The molecule has 1 fully saturated rings. The average molecular weight is 112 g/mol. The number of ether oxygens (including phenoxy) is 1. The van der Waals surface area contributed by atoms with Gasteiger partial charge in [0.1, 0.15) is 0 Å². The summed E-state index contributed by atoms with van der Waals surface area (Å²) >= 11 is 0. The Bertz CT molecular complexity index is 43.0. The predicted octanol–water partition coefficient (Wildman–Crippen LogP) is -0.881. The van der Waals surface area contributed by atoms with Crippen LogP contribution in [0.15, 0.2) is 0 Å². The first-order valence-electron chi connectivity index (χ1n) is 2.15. The monoisotopic (exact) mass is 112 g/mol. The van der Waals surface area contributed by atoms with Crippen molar-refractivity contribution in [2.45, 2.75) is 12.5 Å². The van der Waals surface area contributed by atoms with E-state index in [0.29, 0.717) is 6.61 Å². The first kappa shape index (κ1) is 7.92. The third-order valence-electron chi connectivity index (χ3n) is 0.906. The molecule has 0 aliphatic carbocycles. The van der Waals surface area contributed by atoms with Gasteiger partial charge < -0.3 is 9.84 Å². The molecule has 38 valence electrons. The standard InChI is InChI=1S/C4H8O2.Na.H/c5-4-1-2-6-3-4;;/h4-5H,1-3H2;;. The van der Waals surface area contributed by atoms with Gasteiger partial charge in [-0.2, -0.15) is 0 Å². The van der Waals surface area contributed by atoms with Crippen LogP contribution in [0.25, 0.3) is 0 Å². The predicted molar refractivity (Wildman–Crippen MR) is 28.6 cm³/mol. The van der Waals surface area contributed by atoms with Crippen molar-refractivity contribution in [1.82, 2.24) is 0 Å². The fourth-order valence-corrected chi connectivity index (χ4v) is 0.522. The van der Waals surface area contributed by atoms with E-state index >= 15 is 0 Å². The summed E-state index contributed by atoms with van der Waals surface area (Å²) in [4.78, 5) is 0. The maximum atomic E-state index is 8.60. The van der Waals surface area contributed by atoms with Gasteiger partial charge in [0.05, 0.1) is 12.7 Å². The molecule has 1 aliphatic heterocycles. The topological polar surface area (TPSA) is 29.5 Å². The summed E-state index contributed by atoms with van der Waals surface area (Å²) in [5.41, 5.74) is 0. The van der Waals surface area contributed by atoms with Gasteiger partial charge in [-0.1, -0.05) is 0 Å². The number of aliphatic hydroxyl groups excluding tert-OH is 1. The van der Waals surface area contributed by atoms with Gasteiger partial charge >= 0.3 is 29.6 Å². The van der Waals surface area contributed by atoms with E-state index in [0.717, 1.165) is 13.0 Å². The van der Waals surface area contributed by atoms with Crippen molar-refractivity contribution in [3.63, 3.8) is 0 Å². The summed E-state index contributed by atoms with van der Waals surface area (Å²) < 4.78 is 4.81. The van der Waals surface area contributed by atoms with E-state index in [9.17, 15) is 0 Å². The van der Waals surface area contributed by atoms with Crippen molar-refractivity contribution < 1.29 is 9.84 Å². The summed E-state index contributed by atoms with van der Waals surface area (Å²) in [5, 5.41) is 8.60. The third kappa shape index (κ3) is 2.67. The average Bonchev–Trinajstić information content (AvgIpc) is 1.86. The van der Waals surface area contributed by atoms with Crippen LogP contribution in [-0.2, 0) is 4.74 Å². The molecule has 1 rings (SSSR count). The summed E-state index contributed by atoms with van der Waals surface area (Å²) in [6, 6.07) is 0. The zero-order valence-corrected chi connectivity index (χ0v) is 3.55. The van der Waals surface area contributed by atoms with Crippen molar-refractivity contribution >= 4 is 29.6 Å². The molecule has 0 amide bonds. The number of hydrogen-bond acceptors (Lipinski definition) is 2. The van der Waals surface area contributed by atoms with E-state index in [4.69, 9.17) is 9.84 Å². The zero-order valence-electron chi connectivity index (χ0n) is 3.55. The third-order valence-corrected chi connectivity index (χ3v) is 0.906. The van der Waals surface area contributed by atoms with Crippen LogP contribution in [0.3, 0.4) is 0 Å². The normalized spacial score (nSPS) is 29.6. The van der Waals surface area contributed by atoms with Crippen LogP contribution in [0.5, 0.6) is 0 Å². The molecule has 0 bridgehead atoms. The minimum absolute atomic E-state index is 0. The number of aliphatic hydroxyl groups is 1. The van der Waals surface area contributed by atoms with Gasteiger partial charge in [0.15, 0.2) is 0 Å². The molecule has 0 aromatic rings. The first-order chi connectivity index (χ1) is 2.89. The van der Waals surface area contributed by atoms with Gasteiger partial charge in [-0.3, -0.25) is 0 Å². The molecule has 0 radical (unpaired) electrons. The van der Waals surface area contributed by atoms with E-state index in [1.165, 1.54) is 0 Å². The van der Waals surface area contributed by atoms with E-state index in [-0.39, 0.29) is 35.7 Å². The quantitative estimate of drug-likeness (QED) is 0.412. The molecule has 0 aromatic carbocycles. The first-order valence-corrected chi connectivity index (χ1v) is 2.15. The van der Waals surface area contributed by atoms with Crippen molar-refractivity contribution in [3.8, 4) is 0 Å².